The predicted molar refractivity (Wildman–Crippen MR) is 141 cm³/mol. The first kappa shape index (κ1) is 26.4. The molecule has 0 fully saturated rings. The quantitative estimate of drug-likeness (QED) is 0.320. The summed E-state index contributed by atoms with van der Waals surface area (Å²) in [6.07, 6.45) is 1.03. The minimum atomic E-state index is -3.72. The number of carbonyl (C=O) groups excluding carboxylic acids is 2. The van der Waals surface area contributed by atoms with Crippen LogP contribution in [0.5, 0.6) is 5.75 Å². The van der Waals surface area contributed by atoms with E-state index in [2.05, 4.69) is 15.8 Å². The van der Waals surface area contributed by atoms with E-state index in [9.17, 15) is 18.0 Å². The standard InChI is InChI=1S/C26H28N4O5S/c1-4-35-24-16-14-23(15-17-24)30(36(3,33)34)18-25(31)29-28-19(2)20-10-12-22(13-11-20)27-26(32)21-8-6-5-7-9-21/h5-17H,4,18H2,1-3H3,(H,27,32)(H,29,31)/b28-19-. The first-order chi connectivity index (χ1) is 17.2. The van der Waals surface area contributed by atoms with Crippen molar-refractivity contribution in [1.82, 2.24) is 5.43 Å². The van der Waals surface area contributed by atoms with Gasteiger partial charge in [-0.05, 0) is 67.9 Å². The first-order valence-corrected chi connectivity index (χ1v) is 13.0. The maximum absolute atomic E-state index is 12.5. The minimum absolute atomic E-state index is 0.219. The number of rotatable bonds is 10. The molecule has 0 aromatic heterocycles. The van der Waals surface area contributed by atoms with Crippen LogP contribution in [0.2, 0.25) is 0 Å². The van der Waals surface area contributed by atoms with E-state index in [0.717, 1.165) is 16.1 Å². The third-order valence-electron chi connectivity index (χ3n) is 5.07. The van der Waals surface area contributed by atoms with Crippen LogP contribution in [0.25, 0.3) is 0 Å². The Morgan fingerprint density at radius 3 is 2.14 bits per heavy atom. The van der Waals surface area contributed by atoms with Crippen LogP contribution in [0.1, 0.15) is 29.8 Å². The van der Waals surface area contributed by atoms with Crippen LogP contribution in [0.3, 0.4) is 0 Å². The van der Waals surface area contributed by atoms with Crippen molar-refractivity contribution in [3.8, 4) is 5.75 Å². The zero-order chi connectivity index (χ0) is 26.1. The summed E-state index contributed by atoms with van der Waals surface area (Å²) in [4.78, 5) is 24.8. The zero-order valence-corrected chi connectivity index (χ0v) is 21.1. The molecule has 0 bridgehead atoms. The highest BCUT2D eigenvalue weighted by atomic mass is 32.2. The van der Waals surface area contributed by atoms with Crippen molar-refractivity contribution >= 4 is 38.9 Å². The SMILES string of the molecule is CCOc1ccc(N(CC(=O)N/N=C(/C)c2ccc(NC(=O)c3ccccc3)cc2)S(C)(=O)=O)cc1. The molecule has 0 aliphatic rings. The molecule has 0 unspecified atom stereocenters. The molecule has 0 atom stereocenters. The highest BCUT2D eigenvalue weighted by Gasteiger charge is 2.21. The number of ether oxygens (including phenoxy) is 1. The van der Waals surface area contributed by atoms with Crippen molar-refractivity contribution in [1.29, 1.82) is 0 Å². The van der Waals surface area contributed by atoms with Crippen molar-refractivity contribution in [2.45, 2.75) is 13.8 Å². The monoisotopic (exact) mass is 508 g/mol. The number of benzene rings is 3. The molecule has 36 heavy (non-hydrogen) atoms. The van der Waals surface area contributed by atoms with Crippen LogP contribution in [-0.2, 0) is 14.8 Å². The van der Waals surface area contributed by atoms with E-state index in [0.29, 0.717) is 35.0 Å². The van der Waals surface area contributed by atoms with Gasteiger partial charge in [-0.2, -0.15) is 5.10 Å². The minimum Gasteiger partial charge on any atom is -0.494 e. The van der Waals surface area contributed by atoms with E-state index in [-0.39, 0.29) is 5.91 Å². The topological polar surface area (TPSA) is 117 Å². The fourth-order valence-corrected chi connectivity index (χ4v) is 4.10. The van der Waals surface area contributed by atoms with Crippen LogP contribution in [0.4, 0.5) is 11.4 Å². The van der Waals surface area contributed by atoms with Gasteiger partial charge in [-0.3, -0.25) is 13.9 Å². The first-order valence-electron chi connectivity index (χ1n) is 11.2. The van der Waals surface area contributed by atoms with Gasteiger partial charge in [0.2, 0.25) is 10.0 Å². The van der Waals surface area contributed by atoms with Crippen molar-refractivity contribution < 1.29 is 22.7 Å². The number of nitrogens with zero attached hydrogens (tertiary/aromatic N) is 2. The smallest absolute Gasteiger partial charge is 0.260 e. The molecule has 0 radical (unpaired) electrons. The Labute approximate surface area is 210 Å². The molecule has 188 valence electrons. The lowest BCUT2D eigenvalue weighted by Gasteiger charge is -2.21. The molecule has 3 rings (SSSR count). The summed E-state index contributed by atoms with van der Waals surface area (Å²) >= 11 is 0. The van der Waals surface area contributed by atoms with Crippen LogP contribution < -0.4 is 19.8 Å². The summed E-state index contributed by atoms with van der Waals surface area (Å²) in [5, 5.41) is 6.91. The number of amides is 2. The Kier molecular flexibility index (Phi) is 8.80. The zero-order valence-electron chi connectivity index (χ0n) is 20.3. The lowest BCUT2D eigenvalue weighted by Crippen LogP contribution is -2.39. The predicted octanol–water partition coefficient (Wildman–Crippen LogP) is 3.64. The maximum Gasteiger partial charge on any atom is 0.260 e. The molecule has 2 N–H and O–H groups in total. The highest BCUT2D eigenvalue weighted by Crippen LogP contribution is 2.21. The molecule has 0 heterocycles. The van der Waals surface area contributed by atoms with Crippen LogP contribution in [-0.4, -0.2) is 45.4 Å². The van der Waals surface area contributed by atoms with Gasteiger partial charge in [0.05, 0.1) is 24.3 Å². The third kappa shape index (κ3) is 7.41. The number of nitrogens with one attached hydrogen (secondary N) is 2. The average molecular weight is 509 g/mol. The number of hydrazone groups is 1. The molecule has 3 aromatic rings. The van der Waals surface area contributed by atoms with Gasteiger partial charge in [0.25, 0.3) is 11.8 Å². The van der Waals surface area contributed by atoms with E-state index in [4.69, 9.17) is 4.74 Å². The number of carbonyl (C=O) groups is 2. The van der Waals surface area contributed by atoms with Crippen molar-refractivity contribution in [3.05, 3.63) is 90.0 Å². The van der Waals surface area contributed by atoms with Gasteiger partial charge < -0.3 is 10.1 Å². The fraction of sp³-hybridized carbons (Fsp3) is 0.192. The molecule has 10 heteroatoms. The average Bonchev–Trinajstić information content (AvgIpc) is 2.87. The molecule has 3 aromatic carbocycles. The van der Waals surface area contributed by atoms with Gasteiger partial charge in [0.1, 0.15) is 12.3 Å². The van der Waals surface area contributed by atoms with Gasteiger partial charge in [0.15, 0.2) is 0 Å². The molecule has 9 nitrogen and oxygen atoms in total. The molecular weight excluding hydrogens is 480 g/mol. The highest BCUT2D eigenvalue weighted by molar-refractivity contribution is 7.92. The molecule has 0 saturated heterocycles. The number of sulfonamides is 1. The summed E-state index contributed by atoms with van der Waals surface area (Å²) in [6.45, 7) is 3.61. The Morgan fingerprint density at radius 1 is 0.917 bits per heavy atom. The third-order valence-corrected chi connectivity index (χ3v) is 6.21. The maximum atomic E-state index is 12.5. The lowest BCUT2D eigenvalue weighted by atomic mass is 10.1. The van der Waals surface area contributed by atoms with Crippen molar-refractivity contribution in [2.24, 2.45) is 5.10 Å². The summed E-state index contributed by atoms with van der Waals surface area (Å²) < 4.78 is 30.9. The van der Waals surface area contributed by atoms with E-state index in [1.165, 1.54) is 0 Å². The summed E-state index contributed by atoms with van der Waals surface area (Å²) in [6, 6.07) is 22.3. The lowest BCUT2D eigenvalue weighted by molar-refractivity contribution is -0.119. The molecular formula is C26H28N4O5S. The van der Waals surface area contributed by atoms with Gasteiger partial charge in [0, 0.05) is 11.3 Å². The number of hydrogen-bond acceptors (Lipinski definition) is 6. The van der Waals surface area contributed by atoms with Crippen molar-refractivity contribution in [3.63, 3.8) is 0 Å². The van der Waals surface area contributed by atoms with E-state index < -0.39 is 22.5 Å². The van der Waals surface area contributed by atoms with Crippen LogP contribution in [0.15, 0.2) is 84.0 Å². The second-order valence-electron chi connectivity index (χ2n) is 7.83. The Bertz CT molecular complexity index is 1320. The van der Waals surface area contributed by atoms with Crippen LogP contribution >= 0.6 is 0 Å². The fourth-order valence-electron chi connectivity index (χ4n) is 3.24. The molecule has 2 amide bonds. The number of hydrogen-bond donors (Lipinski definition) is 2. The van der Waals surface area contributed by atoms with E-state index in [1.54, 1.807) is 79.7 Å². The van der Waals surface area contributed by atoms with Gasteiger partial charge >= 0.3 is 0 Å². The molecule has 0 spiro atoms. The number of anilines is 2. The Balaban J connectivity index is 1.62. The molecule has 0 aliphatic heterocycles. The summed E-state index contributed by atoms with van der Waals surface area (Å²) in [7, 11) is -3.72. The second-order valence-corrected chi connectivity index (χ2v) is 9.73. The van der Waals surface area contributed by atoms with E-state index >= 15 is 0 Å². The molecule has 0 aliphatic carbocycles. The van der Waals surface area contributed by atoms with Crippen LogP contribution in [0, 0.1) is 0 Å². The largest absolute Gasteiger partial charge is 0.494 e. The second kappa shape index (κ2) is 12.0. The van der Waals surface area contributed by atoms with E-state index in [1.807, 2.05) is 13.0 Å². The van der Waals surface area contributed by atoms with Gasteiger partial charge in [-0.15, -0.1) is 0 Å². The summed E-state index contributed by atoms with van der Waals surface area (Å²) in [5.41, 5.74) is 5.14. The van der Waals surface area contributed by atoms with Gasteiger partial charge in [-0.1, -0.05) is 30.3 Å². The van der Waals surface area contributed by atoms with Gasteiger partial charge in [-0.25, -0.2) is 13.8 Å². The Morgan fingerprint density at radius 2 is 1.56 bits per heavy atom. The Hall–Kier alpha value is -4.18. The molecule has 0 saturated carbocycles. The normalized spacial score (nSPS) is 11.5. The summed E-state index contributed by atoms with van der Waals surface area (Å²) in [5.74, 6) is -0.214. The van der Waals surface area contributed by atoms with Crippen molar-refractivity contribution in [2.75, 3.05) is 29.0 Å².